The van der Waals surface area contributed by atoms with E-state index >= 15 is 0 Å². The van der Waals surface area contributed by atoms with Gasteiger partial charge in [0.15, 0.2) is 5.82 Å². The number of anilines is 1. The highest BCUT2D eigenvalue weighted by molar-refractivity contribution is 6.33. The molecule has 0 bridgehead atoms. The van der Waals surface area contributed by atoms with Gasteiger partial charge in [-0.2, -0.15) is 0 Å². The first kappa shape index (κ1) is 12.1. The van der Waals surface area contributed by atoms with Crippen molar-refractivity contribution in [3.8, 4) is 0 Å². The lowest BCUT2D eigenvalue weighted by Crippen LogP contribution is -2.43. The first-order valence-electron chi connectivity index (χ1n) is 5.13. The van der Waals surface area contributed by atoms with Gasteiger partial charge in [-0.15, -0.1) is 0 Å². The molecule has 0 saturated heterocycles. The number of nitrogens with one attached hydrogen (secondary N) is 1. The van der Waals surface area contributed by atoms with Crippen molar-refractivity contribution < 1.29 is 18.7 Å². The Morgan fingerprint density at radius 1 is 1.41 bits per heavy atom. The third-order valence-electron chi connectivity index (χ3n) is 2.93. The maximum atomic E-state index is 13.4. The number of carboxylic acid groups (broad SMARTS) is 1. The number of halogens is 3. The number of aliphatic carboxylic acids is 1. The molecule has 1 aliphatic carbocycles. The molecule has 2 unspecified atom stereocenters. The molecule has 92 valence electrons. The highest BCUT2D eigenvalue weighted by Crippen LogP contribution is 2.34. The van der Waals surface area contributed by atoms with Gasteiger partial charge in [-0.05, 0) is 18.9 Å². The first-order valence-corrected chi connectivity index (χ1v) is 5.50. The lowest BCUT2D eigenvalue weighted by atomic mass is 9.79. The molecule has 1 saturated carbocycles. The third-order valence-corrected chi connectivity index (χ3v) is 3.23. The summed E-state index contributed by atoms with van der Waals surface area (Å²) in [5.74, 6) is -3.05. The molecule has 0 radical (unpaired) electrons. The number of carboxylic acids is 1. The minimum atomic E-state index is -0.924. The molecule has 0 aliphatic heterocycles. The van der Waals surface area contributed by atoms with E-state index in [0.717, 1.165) is 6.07 Å². The lowest BCUT2D eigenvalue weighted by molar-refractivity contribution is -0.144. The third kappa shape index (κ3) is 2.34. The molecule has 2 rings (SSSR count). The SMILES string of the molecule is O=C(O)C1CCC1Nc1c(F)cc(F)cc1Cl. The van der Waals surface area contributed by atoms with Crippen LogP contribution < -0.4 is 5.32 Å². The van der Waals surface area contributed by atoms with E-state index < -0.39 is 23.5 Å². The molecule has 2 N–H and O–H groups in total. The Balaban J connectivity index is 2.17. The normalized spacial score (nSPS) is 23.0. The summed E-state index contributed by atoms with van der Waals surface area (Å²) in [4.78, 5) is 10.8. The fourth-order valence-corrected chi connectivity index (χ4v) is 2.08. The molecule has 3 nitrogen and oxygen atoms in total. The van der Waals surface area contributed by atoms with Gasteiger partial charge < -0.3 is 10.4 Å². The summed E-state index contributed by atoms with van der Waals surface area (Å²) < 4.78 is 26.2. The van der Waals surface area contributed by atoms with Crippen molar-refractivity contribution in [1.82, 2.24) is 0 Å². The molecule has 0 heterocycles. The molecule has 0 aromatic heterocycles. The van der Waals surface area contributed by atoms with Crippen LogP contribution in [-0.4, -0.2) is 17.1 Å². The van der Waals surface area contributed by atoms with Crippen LogP contribution in [0.3, 0.4) is 0 Å². The van der Waals surface area contributed by atoms with Crippen LogP contribution in [0.4, 0.5) is 14.5 Å². The summed E-state index contributed by atoms with van der Waals surface area (Å²) in [7, 11) is 0. The fourth-order valence-electron chi connectivity index (χ4n) is 1.83. The Labute approximate surface area is 101 Å². The molecular formula is C11H10ClF2NO2. The molecule has 1 aliphatic rings. The van der Waals surface area contributed by atoms with E-state index in [2.05, 4.69) is 5.32 Å². The average molecular weight is 262 g/mol. The topological polar surface area (TPSA) is 49.3 Å². The van der Waals surface area contributed by atoms with Crippen molar-refractivity contribution in [2.24, 2.45) is 5.92 Å². The molecule has 0 spiro atoms. The van der Waals surface area contributed by atoms with Gasteiger partial charge in [0, 0.05) is 12.1 Å². The van der Waals surface area contributed by atoms with Gasteiger partial charge in [0.2, 0.25) is 0 Å². The van der Waals surface area contributed by atoms with Crippen molar-refractivity contribution in [2.75, 3.05) is 5.32 Å². The van der Waals surface area contributed by atoms with Crippen molar-refractivity contribution in [2.45, 2.75) is 18.9 Å². The number of carbonyl (C=O) groups is 1. The molecule has 17 heavy (non-hydrogen) atoms. The van der Waals surface area contributed by atoms with Gasteiger partial charge in [0.25, 0.3) is 0 Å². The number of rotatable bonds is 3. The zero-order chi connectivity index (χ0) is 12.6. The second-order valence-electron chi connectivity index (χ2n) is 4.02. The average Bonchev–Trinajstić information content (AvgIpc) is 2.12. The molecule has 2 atom stereocenters. The van der Waals surface area contributed by atoms with E-state index in [1.165, 1.54) is 0 Å². The van der Waals surface area contributed by atoms with Crippen molar-refractivity contribution >= 4 is 23.3 Å². The van der Waals surface area contributed by atoms with Crippen LogP contribution in [0.1, 0.15) is 12.8 Å². The minimum Gasteiger partial charge on any atom is -0.481 e. The molecular weight excluding hydrogens is 252 g/mol. The van der Waals surface area contributed by atoms with E-state index in [0.29, 0.717) is 18.9 Å². The van der Waals surface area contributed by atoms with Gasteiger partial charge in [0.05, 0.1) is 16.6 Å². The molecule has 0 amide bonds. The van der Waals surface area contributed by atoms with Crippen molar-refractivity contribution in [3.63, 3.8) is 0 Å². The van der Waals surface area contributed by atoms with E-state index in [9.17, 15) is 13.6 Å². The van der Waals surface area contributed by atoms with Crippen LogP contribution in [0.15, 0.2) is 12.1 Å². The van der Waals surface area contributed by atoms with Gasteiger partial charge >= 0.3 is 5.97 Å². The second-order valence-corrected chi connectivity index (χ2v) is 4.42. The van der Waals surface area contributed by atoms with Gasteiger partial charge in [0.1, 0.15) is 5.82 Å². The van der Waals surface area contributed by atoms with Crippen LogP contribution in [-0.2, 0) is 4.79 Å². The van der Waals surface area contributed by atoms with Crippen LogP contribution >= 0.6 is 11.6 Å². The summed E-state index contributed by atoms with van der Waals surface area (Å²) in [5.41, 5.74) is -0.0379. The smallest absolute Gasteiger partial charge is 0.308 e. The Hall–Kier alpha value is -1.36. The largest absolute Gasteiger partial charge is 0.481 e. The first-order chi connectivity index (χ1) is 7.99. The predicted octanol–water partition coefficient (Wildman–Crippen LogP) is 2.89. The maximum absolute atomic E-state index is 13.4. The van der Waals surface area contributed by atoms with Crippen LogP contribution in [0.5, 0.6) is 0 Å². The minimum absolute atomic E-state index is 0.0379. The Morgan fingerprint density at radius 3 is 2.59 bits per heavy atom. The zero-order valence-corrected chi connectivity index (χ0v) is 9.47. The fraction of sp³-hybridized carbons (Fsp3) is 0.364. The van der Waals surface area contributed by atoms with Crippen molar-refractivity contribution in [1.29, 1.82) is 0 Å². The van der Waals surface area contributed by atoms with E-state index in [4.69, 9.17) is 16.7 Å². The van der Waals surface area contributed by atoms with Gasteiger partial charge in [-0.25, -0.2) is 8.78 Å². The van der Waals surface area contributed by atoms with Crippen molar-refractivity contribution in [3.05, 3.63) is 28.8 Å². The van der Waals surface area contributed by atoms with Gasteiger partial charge in [-0.1, -0.05) is 11.6 Å². The summed E-state index contributed by atoms with van der Waals surface area (Å²) in [6, 6.07) is 1.34. The molecule has 6 heteroatoms. The second kappa shape index (κ2) is 4.49. The Kier molecular flexibility index (Phi) is 3.19. The summed E-state index contributed by atoms with van der Waals surface area (Å²) in [6.45, 7) is 0. The maximum Gasteiger partial charge on any atom is 0.308 e. The van der Waals surface area contributed by atoms with E-state index in [-0.39, 0.29) is 16.8 Å². The number of hydrogen-bond donors (Lipinski definition) is 2. The molecule has 1 fully saturated rings. The quantitative estimate of drug-likeness (QED) is 0.880. The lowest BCUT2D eigenvalue weighted by Gasteiger charge is -2.35. The number of hydrogen-bond acceptors (Lipinski definition) is 2. The number of benzene rings is 1. The van der Waals surface area contributed by atoms with E-state index in [1.807, 2.05) is 0 Å². The zero-order valence-electron chi connectivity index (χ0n) is 8.71. The highest BCUT2D eigenvalue weighted by Gasteiger charge is 2.37. The predicted molar refractivity (Wildman–Crippen MR) is 59.1 cm³/mol. The molecule has 1 aromatic carbocycles. The summed E-state index contributed by atoms with van der Waals surface area (Å²) in [5, 5.41) is 11.5. The monoisotopic (exact) mass is 261 g/mol. The molecule has 1 aromatic rings. The standard InChI is InChI=1S/C11H10ClF2NO2/c12-7-3-5(13)4-8(14)10(7)15-9-2-1-6(9)11(16)17/h3-4,6,9,15H,1-2H2,(H,16,17). The van der Waals surface area contributed by atoms with Crippen LogP contribution in [0.2, 0.25) is 5.02 Å². The van der Waals surface area contributed by atoms with E-state index in [1.54, 1.807) is 0 Å². The Morgan fingerprint density at radius 2 is 2.12 bits per heavy atom. The van der Waals surface area contributed by atoms with Gasteiger partial charge in [-0.3, -0.25) is 4.79 Å². The van der Waals surface area contributed by atoms with Crippen LogP contribution in [0.25, 0.3) is 0 Å². The summed E-state index contributed by atoms with van der Waals surface area (Å²) >= 11 is 5.70. The Bertz CT molecular complexity index is 444. The van der Waals surface area contributed by atoms with Crippen LogP contribution in [0, 0.1) is 17.6 Å². The highest BCUT2D eigenvalue weighted by atomic mass is 35.5. The summed E-state index contributed by atoms with van der Waals surface area (Å²) in [6.07, 6.45) is 1.18.